The number of aromatic hydroxyl groups is 1. The predicted molar refractivity (Wildman–Crippen MR) is 211 cm³/mol. The van der Waals surface area contributed by atoms with Gasteiger partial charge in [0.15, 0.2) is 0 Å². The van der Waals surface area contributed by atoms with Crippen molar-refractivity contribution in [3.8, 4) is 17.0 Å². The second-order valence-corrected chi connectivity index (χ2v) is 13.8. The Morgan fingerprint density at radius 3 is 2.30 bits per heavy atom. The van der Waals surface area contributed by atoms with Crippen LogP contribution >= 0.6 is 24.0 Å². The Morgan fingerprint density at radius 1 is 0.887 bits per heavy atom. The summed E-state index contributed by atoms with van der Waals surface area (Å²) in [4.78, 5) is 35.1. The average molecular weight is 756 g/mol. The highest BCUT2D eigenvalue weighted by molar-refractivity contribution is 6.31. The zero-order chi connectivity index (χ0) is 36.2. The summed E-state index contributed by atoms with van der Waals surface area (Å²) in [6, 6.07) is 31.2. The fraction of sp³-hybridized carbons (Fsp3) is 0.286. The summed E-state index contributed by atoms with van der Waals surface area (Å²) >= 11 is 6.62. The quantitative estimate of drug-likeness (QED) is 0.147. The second kappa shape index (κ2) is 17.0. The van der Waals surface area contributed by atoms with Crippen molar-refractivity contribution in [2.24, 2.45) is 7.05 Å². The molecule has 2 aliphatic heterocycles. The van der Waals surface area contributed by atoms with E-state index in [0.717, 1.165) is 44.1 Å². The van der Waals surface area contributed by atoms with Crippen LogP contribution in [-0.2, 0) is 29.5 Å². The van der Waals surface area contributed by atoms with Gasteiger partial charge in [0.1, 0.15) is 5.75 Å². The van der Waals surface area contributed by atoms with Gasteiger partial charge in [-0.3, -0.25) is 19.4 Å². The smallest absolute Gasteiger partial charge is 0.264 e. The molecule has 2 aliphatic rings. The molecule has 1 aromatic heterocycles. The highest BCUT2D eigenvalue weighted by Crippen LogP contribution is 2.36. The number of benzene rings is 4. The summed E-state index contributed by atoms with van der Waals surface area (Å²) in [5.74, 6) is -0.253. The number of nitrogens with zero attached hydrogens (tertiary/aromatic N) is 4. The number of carbonyl (C=O) groups excluding carboxylic acids is 2. The van der Waals surface area contributed by atoms with Gasteiger partial charge in [-0.25, -0.2) is 0 Å². The van der Waals surface area contributed by atoms with Gasteiger partial charge < -0.3 is 24.0 Å². The first kappa shape index (κ1) is 38.1. The van der Waals surface area contributed by atoms with Crippen molar-refractivity contribution in [3.05, 3.63) is 136 Å². The number of carbonyl (C=O) groups is 2. The van der Waals surface area contributed by atoms with Crippen molar-refractivity contribution in [2.75, 3.05) is 51.0 Å². The third-order valence-electron chi connectivity index (χ3n) is 10.2. The molecule has 0 bridgehead atoms. The van der Waals surface area contributed by atoms with Crippen LogP contribution in [0.1, 0.15) is 37.5 Å². The summed E-state index contributed by atoms with van der Waals surface area (Å²) in [5, 5.41) is 10.5. The Kier molecular flexibility index (Phi) is 12.2. The standard InChI is InChI=1S/C42H43ClN4O5.ClH/c1-29-38(42(50)47(33-10-4-3-5-11-33)34-13-15-36(48)16-14-34)26-40(44(29)2)39-25-32(43)12-17-37(39)41(49)46-27-31-9-7-6-8-30(31)24-35(46)28-52-23-20-45-18-21-51-22-19-45;/h3-17,25-26,35,48H,18-24,27-28H2,1-2H3;1H/t35-;/m1./s1. The fourth-order valence-corrected chi connectivity index (χ4v) is 7.31. The van der Waals surface area contributed by atoms with E-state index in [4.69, 9.17) is 21.1 Å². The summed E-state index contributed by atoms with van der Waals surface area (Å²) in [6.45, 7) is 7.46. The number of halogens is 2. The van der Waals surface area contributed by atoms with Crippen molar-refractivity contribution in [1.82, 2.24) is 14.4 Å². The Labute approximate surface area is 321 Å². The lowest BCUT2D eigenvalue weighted by Gasteiger charge is -2.37. The average Bonchev–Trinajstić information content (AvgIpc) is 3.47. The van der Waals surface area contributed by atoms with E-state index in [1.165, 1.54) is 5.56 Å². The SMILES string of the molecule is Cc1c(C(=O)N(c2ccccc2)c2ccc(O)cc2)cc(-c2cc(Cl)ccc2C(=O)N2Cc3ccccc3C[C@@H]2COCCN2CCOCC2)n1C.Cl. The molecule has 0 aliphatic carbocycles. The monoisotopic (exact) mass is 754 g/mol. The maximum atomic E-state index is 14.7. The number of amides is 2. The zero-order valence-corrected chi connectivity index (χ0v) is 31.5. The normalized spacial score (nSPS) is 15.8. The predicted octanol–water partition coefficient (Wildman–Crippen LogP) is 7.68. The number of rotatable bonds is 10. The van der Waals surface area contributed by atoms with Gasteiger partial charge in [0.2, 0.25) is 0 Å². The Bertz CT molecular complexity index is 2050. The number of phenols is 1. The molecule has 1 saturated heterocycles. The van der Waals surface area contributed by atoms with Crippen molar-refractivity contribution in [2.45, 2.75) is 25.9 Å². The number of phenolic OH excluding ortho intramolecular Hbond substituents is 1. The molecule has 0 saturated carbocycles. The highest BCUT2D eigenvalue weighted by Gasteiger charge is 2.33. The molecule has 1 fully saturated rings. The molecule has 11 heteroatoms. The summed E-state index contributed by atoms with van der Waals surface area (Å²) in [6.07, 6.45) is 0.691. The summed E-state index contributed by atoms with van der Waals surface area (Å²) in [5.41, 5.74) is 6.69. The largest absolute Gasteiger partial charge is 0.508 e. The van der Waals surface area contributed by atoms with Gasteiger partial charge >= 0.3 is 0 Å². The minimum atomic E-state index is -0.243. The first-order valence-electron chi connectivity index (χ1n) is 17.7. The summed E-state index contributed by atoms with van der Waals surface area (Å²) < 4.78 is 13.7. The first-order valence-corrected chi connectivity index (χ1v) is 18.1. The molecule has 7 rings (SSSR count). The lowest BCUT2D eigenvalue weighted by Crippen LogP contribution is -2.47. The fourth-order valence-electron chi connectivity index (χ4n) is 7.14. The minimum Gasteiger partial charge on any atom is -0.508 e. The molecular weight excluding hydrogens is 711 g/mol. The van der Waals surface area contributed by atoms with E-state index in [-0.39, 0.29) is 36.0 Å². The molecule has 9 nitrogen and oxygen atoms in total. The van der Waals surface area contributed by atoms with E-state index in [2.05, 4.69) is 17.0 Å². The van der Waals surface area contributed by atoms with Gasteiger partial charge in [-0.2, -0.15) is 0 Å². The third-order valence-corrected chi connectivity index (χ3v) is 10.4. The third kappa shape index (κ3) is 8.30. The van der Waals surface area contributed by atoms with Crippen molar-refractivity contribution in [1.29, 1.82) is 0 Å². The molecule has 53 heavy (non-hydrogen) atoms. The van der Waals surface area contributed by atoms with Crippen LogP contribution in [0.4, 0.5) is 11.4 Å². The Balaban J connectivity index is 0.00000481. The van der Waals surface area contributed by atoms with Crippen molar-refractivity contribution in [3.63, 3.8) is 0 Å². The van der Waals surface area contributed by atoms with Crippen LogP contribution in [0.3, 0.4) is 0 Å². The molecule has 0 radical (unpaired) electrons. The highest BCUT2D eigenvalue weighted by atomic mass is 35.5. The minimum absolute atomic E-state index is 0. The molecule has 0 spiro atoms. The molecular formula is C42H44Cl2N4O5. The summed E-state index contributed by atoms with van der Waals surface area (Å²) in [7, 11) is 1.90. The number of fused-ring (bicyclic) bond motifs is 1. The van der Waals surface area contributed by atoms with Gasteiger partial charge in [-0.15, -0.1) is 12.4 Å². The van der Waals surface area contributed by atoms with E-state index in [0.29, 0.717) is 65.0 Å². The van der Waals surface area contributed by atoms with Crippen LogP contribution in [0.2, 0.25) is 5.02 Å². The number of hydrogen-bond acceptors (Lipinski definition) is 6. The molecule has 2 amide bonds. The van der Waals surface area contributed by atoms with Crippen LogP contribution in [-0.4, -0.2) is 83.4 Å². The Morgan fingerprint density at radius 2 is 1.57 bits per heavy atom. The van der Waals surface area contributed by atoms with E-state index < -0.39 is 0 Å². The van der Waals surface area contributed by atoms with Gasteiger partial charge in [0.25, 0.3) is 11.8 Å². The van der Waals surface area contributed by atoms with Crippen LogP contribution < -0.4 is 4.90 Å². The first-order chi connectivity index (χ1) is 25.3. The lowest BCUT2D eigenvalue weighted by atomic mass is 9.93. The van der Waals surface area contributed by atoms with Gasteiger partial charge in [0, 0.05) is 72.1 Å². The number of ether oxygens (including phenoxy) is 2. The number of para-hydroxylation sites is 1. The molecule has 1 atom stereocenters. The van der Waals surface area contributed by atoms with Gasteiger partial charge in [-0.1, -0.05) is 54.1 Å². The zero-order valence-electron chi connectivity index (χ0n) is 29.9. The van der Waals surface area contributed by atoms with E-state index >= 15 is 0 Å². The number of hydrogen-bond donors (Lipinski definition) is 1. The topological polar surface area (TPSA) is 87.5 Å². The lowest BCUT2D eigenvalue weighted by molar-refractivity contribution is 0.00743. The van der Waals surface area contributed by atoms with Crippen molar-refractivity contribution < 1.29 is 24.2 Å². The van der Waals surface area contributed by atoms with Crippen LogP contribution in [0, 0.1) is 6.92 Å². The molecule has 0 unspecified atom stereocenters. The molecule has 3 heterocycles. The van der Waals surface area contributed by atoms with Crippen LogP contribution in [0.25, 0.3) is 11.3 Å². The van der Waals surface area contributed by atoms with Crippen LogP contribution in [0.5, 0.6) is 5.75 Å². The van der Waals surface area contributed by atoms with Gasteiger partial charge in [0.05, 0.1) is 38.0 Å². The molecule has 1 N–H and O–H groups in total. The molecule has 5 aromatic rings. The van der Waals surface area contributed by atoms with E-state index in [1.54, 1.807) is 47.4 Å². The number of anilines is 2. The van der Waals surface area contributed by atoms with Gasteiger partial charge in [-0.05, 0) is 85.1 Å². The van der Waals surface area contributed by atoms with E-state index in [9.17, 15) is 14.7 Å². The van der Waals surface area contributed by atoms with E-state index in [1.807, 2.05) is 72.0 Å². The maximum absolute atomic E-state index is 14.7. The number of morpholine rings is 1. The Hall–Kier alpha value is -4.64. The molecule has 4 aromatic carbocycles. The number of aromatic nitrogens is 1. The second-order valence-electron chi connectivity index (χ2n) is 13.4. The molecule has 276 valence electrons. The maximum Gasteiger partial charge on any atom is 0.264 e. The van der Waals surface area contributed by atoms with Crippen LogP contribution in [0.15, 0.2) is 103 Å². The van der Waals surface area contributed by atoms with Crippen molar-refractivity contribution >= 4 is 47.2 Å².